The lowest BCUT2D eigenvalue weighted by molar-refractivity contribution is -0.182. The Labute approximate surface area is 119 Å². The lowest BCUT2D eigenvalue weighted by Crippen LogP contribution is -2.34. The maximum Gasteiger partial charge on any atom is 0.391 e. The number of alkyl halides is 3. The van der Waals surface area contributed by atoms with Crippen LogP contribution < -0.4 is 11.1 Å². The van der Waals surface area contributed by atoms with Crippen molar-refractivity contribution in [3.8, 4) is 0 Å². The monoisotopic (exact) mass is 304 g/mol. The highest BCUT2D eigenvalue weighted by Gasteiger charge is 2.42. The third kappa shape index (κ3) is 3.86. The summed E-state index contributed by atoms with van der Waals surface area (Å²) in [4.78, 5) is 11.1. The zero-order valence-corrected chi connectivity index (χ0v) is 11.2. The molecular formula is C14H16F4N2O. The molecule has 0 bridgehead atoms. The second kappa shape index (κ2) is 5.91. The molecule has 21 heavy (non-hydrogen) atoms. The molecule has 2 rings (SSSR count). The summed E-state index contributed by atoms with van der Waals surface area (Å²) >= 11 is 0. The Hall–Kier alpha value is -1.79. The predicted octanol–water partition coefficient (Wildman–Crippen LogP) is 3.46. The first kappa shape index (κ1) is 15.6. The topological polar surface area (TPSA) is 55.1 Å². The van der Waals surface area contributed by atoms with E-state index in [9.17, 15) is 22.4 Å². The molecule has 3 N–H and O–H groups in total. The molecule has 3 nitrogen and oxygen atoms in total. The normalized spacial score (nSPS) is 22.9. The van der Waals surface area contributed by atoms with Crippen LogP contribution in [-0.4, -0.2) is 18.1 Å². The molecule has 0 radical (unpaired) electrons. The van der Waals surface area contributed by atoms with Crippen molar-refractivity contribution in [2.45, 2.75) is 37.9 Å². The summed E-state index contributed by atoms with van der Waals surface area (Å²) in [6.45, 7) is 0. The van der Waals surface area contributed by atoms with Crippen LogP contribution in [0.4, 0.5) is 23.2 Å². The van der Waals surface area contributed by atoms with E-state index in [1.807, 2.05) is 0 Å². The van der Waals surface area contributed by atoms with Crippen molar-refractivity contribution >= 4 is 11.6 Å². The first-order valence-electron chi connectivity index (χ1n) is 6.70. The van der Waals surface area contributed by atoms with Crippen LogP contribution in [0.2, 0.25) is 0 Å². The van der Waals surface area contributed by atoms with Gasteiger partial charge in [-0.3, -0.25) is 4.79 Å². The van der Waals surface area contributed by atoms with Crippen molar-refractivity contribution in [1.82, 2.24) is 0 Å². The van der Waals surface area contributed by atoms with Crippen LogP contribution in [0, 0.1) is 11.7 Å². The highest BCUT2D eigenvalue weighted by atomic mass is 19.4. The molecule has 116 valence electrons. The molecule has 2 atom stereocenters. The van der Waals surface area contributed by atoms with Crippen molar-refractivity contribution in [3.05, 3.63) is 29.6 Å². The van der Waals surface area contributed by atoms with Crippen molar-refractivity contribution in [3.63, 3.8) is 0 Å². The van der Waals surface area contributed by atoms with Crippen molar-refractivity contribution in [2.24, 2.45) is 11.7 Å². The molecule has 0 aromatic heterocycles. The van der Waals surface area contributed by atoms with Crippen LogP contribution in [0.15, 0.2) is 18.2 Å². The van der Waals surface area contributed by atoms with Crippen LogP contribution in [0.5, 0.6) is 0 Å². The third-order valence-electron chi connectivity index (χ3n) is 3.75. The van der Waals surface area contributed by atoms with Crippen LogP contribution in [0.1, 0.15) is 36.0 Å². The van der Waals surface area contributed by atoms with Gasteiger partial charge in [0, 0.05) is 11.6 Å². The largest absolute Gasteiger partial charge is 0.391 e. The van der Waals surface area contributed by atoms with Gasteiger partial charge in [0.1, 0.15) is 5.82 Å². The number of nitrogens with one attached hydrogen (secondary N) is 1. The Bertz CT molecular complexity index is 530. The Morgan fingerprint density at radius 2 is 2.00 bits per heavy atom. The molecule has 0 saturated heterocycles. The average Bonchev–Trinajstić information content (AvgIpc) is 2.40. The molecule has 1 aliphatic rings. The molecule has 7 heteroatoms. The van der Waals surface area contributed by atoms with Gasteiger partial charge in [-0.1, -0.05) is 6.42 Å². The van der Waals surface area contributed by atoms with Gasteiger partial charge in [0.05, 0.1) is 11.6 Å². The number of nitrogens with two attached hydrogens (primary N) is 1. The van der Waals surface area contributed by atoms with E-state index in [1.54, 1.807) is 0 Å². The van der Waals surface area contributed by atoms with Crippen LogP contribution >= 0.6 is 0 Å². The molecule has 1 saturated carbocycles. The SMILES string of the molecule is NC(=O)c1ccc(F)c(NC2CCCC(C(F)(F)F)C2)c1. The van der Waals surface area contributed by atoms with Gasteiger partial charge in [-0.25, -0.2) is 4.39 Å². The standard InChI is InChI=1S/C14H16F4N2O/c15-11-5-4-8(13(19)21)6-12(11)20-10-3-1-2-9(7-10)14(16,17)18/h4-6,9-10,20H,1-3,7H2,(H2,19,21). The number of halogens is 4. The van der Waals surface area contributed by atoms with Crippen molar-refractivity contribution in [1.29, 1.82) is 0 Å². The number of hydrogen-bond acceptors (Lipinski definition) is 2. The summed E-state index contributed by atoms with van der Waals surface area (Å²) in [5.74, 6) is -2.70. The fourth-order valence-corrected chi connectivity index (χ4v) is 2.63. The van der Waals surface area contributed by atoms with Gasteiger partial charge in [-0.15, -0.1) is 0 Å². The van der Waals surface area contributed by atoms with Crippen LogP contribution in [-0.2, 0) is 0 Å². The molecule has 0 aliphatic heterocycles. The zero-order chi connectivity index (χ0) is 15.6. The Morgan fingerprint density at radius 1 is 1.29 bits per heavy atom. The quantitative estimate of drug-likeness (QED) is 0.840. The summed E-state index contributed by atoms with van der Waals surface area (Å²) in [7, 11) is 0. The summed E-state index contributed by atoms with van der Waals surface area (Å²) < 4.78 is 51.9. The van der Waals surface area contributed by atoms with E-state index >= 15 is 0 Å². The second-order valence-corrected chi connectivity index (χ2v) is 5.31. The summed E-state index contributed by atoms with van der Waals surface area (Å²) in [5, 5.41) is 2.76. The first-order chi connectivity index (χ1) is 9.77. The van der Waals surface area contributed by atoms with E-state index in [0.717, 1.165) is 6.07 Å². The minimum Gasteiger partial charge on any atom is -0.380 e. The van der Waals surface area contributed by atoms with Gasteiger partial charge in [-0.05, 0) is 37.5 Å². The summed E-state index contributed by atoms with van der Waals surface area (Å²) in [5.41, 5.74) is 5.23. The van der Waals surface area contributed by atoms with Gasteiger partial charge in [0.15, 0.2) is 0 Å². The molecular weight excluding hydrogens is 288 g/mol. The van der Waals surface area contributed by atoms with E-state index in [-0.39, 0.29) is 24.1 Å². The number of anilines is 1. The van der Waals surface area contributed by atoms with Crippen LogP contribution in [0.3, 0.4) is 0 Å². The van der Waals surface area contributed by atoms with E-state index < -0.39 is 29.9 Å². The number of carbonyl (C=O) groups excluding carboxylic acids is 1. The Morgan fingerprint density at radius 3 is 2.62 bits per heavy atom. The maximum absolute atomic E-state index is 13.7. The van der Waals surface area contributed by atoms with E-state index in [4.69, 9.17) is 5.73 Å². The Kier molecular flexibility index (Phi) is 4.39. The first-order valence-corrected chi connectivity index (χ1v) is 6.70. The van der Waals surface area contributed by atoms with E-state index in [0.29, 0.717) is 12.8 Å². The number of amides is 1. The van der Waals surface area contributed by atoms with Gasteiger partial charge in [0.2, 0.25) is 5.91 Å². The van der Waals surface area contributed by atoms with Gasteiger partial charge in [-0.2, -0.15) is 13.2 Å². The third-order valence-corrected chi connectivity index (χ3v) is 3.75. The number of carbonyl (C=O) groups is 1. The minimum atomic E-state index is -4.23. The zero-order valence-electron chi connectivity index (χ0n) is 11.2. The lowest BCUT2D eigenvalue weighted by Gasteiger charge is -2.31. The van der Waals surface area contributed by atoms with Crippen molar-refractivity contribution in [2.75, 3.05) is 5.32 Å². The second-order valence-electron chi connectivity index (χ2n) is 5.31. The summed E-state index contributed by atoms with van der Waals surface area (Å²) in [6, 6.07) is 3.08. The van der Waals surface area contributed by atoms with Gasteiger partial charge < -0.3 is 11.1 Å². The van der Waals surface area contributed by atoms with Crippen LogP contribution in [0.25, 0.3) is 0 Å². The molecule has 0 spiro atoms. The maximum atomic E-state index is 13.7. The van der Waals surface area contributed by atoms with E-state index in [1.165, 1.54) is 12.1 Å². The number of rotatable bonds is 3. The molecule has 0 heterocycles. The smallest absolute Gasteiger partial charge is 0.380 e. The lowest BCUT2D eigenvalue weighted by atomic mass is 9.85. The average molecular weight is 304 g/mol. The molecule has 1 fully saturated rings. The Balaban J connectivity index is 2.11. The molecule has 2 unspecified atom stereocenters. The number of primary amides is 1. The molecule has 1 aromatic carbocycles. The number of benzene rings is 1. The highest BCUT2D eigenvalue weighted by molar-refractivity contribution is 5.93. The minimum absolute atomic E-state index is 0.0131. The molecule has 1 aliphatic carbocycles. The highest BCUT2D eigenvalue weighted by Crippen LogP contribution is 2.38. The van der Waals surface area contributed by atoms with E-state index in [2.05, 4.69) is 5.32 Å². The fraction of sp³-hybridized carbons (Fsp3) is 0.500. The van der Waals surface area contributed by atoms with Gasteiger partial charge >= 0.3 is 6.18 Å². The van der Waals surface area contributed by atoms with Crippen molar-refractivity contribution < 1.29 is 22.4 Å². The number of hydrogen-bond donors (Lipinski definition) is 2. The predicted molar refractivity (Wildman–Crippen MR) is 70.3 cm³/mol. The summed E-state index contributed by atoms with van der Waals surface area (Å²) in [6.07, 6.45) is -3.25. The molecule has 1 amide bonds. The fourth-order valence-electron chi connectivity index (χ4n) is 2.63. The van der Waals surface area contributed by atoms with Gasteiger partial charge in [0.25, 0.3) is 0 Å². The molecule has 1 aromatic rings.